The van der Waals surface area contributed by atoms with E-state index < -0.39 is 65.2 Å². The average molecular weight is 582 g/mol. The lowest BCUT2D eigenvalue weighted by Crippen LogP contribution is -2.59. The Kier molecular flexibility index (Phi) is 13.2. The number of hydrogen-bond acceptors (Lipinski definition) is 7. The first-order valence-electron chi connectivity index (χ1n) is 14.3. The highest BCUT2D eigenvalue weighted by Crippen LogP contribution is 2.15. The molecule has 7 N–H and O–H groups in total. The molecule has 2 heterocycles. The summed E-state index contributed by atoms with van der Waals surface area (Å²) in [6.45, 7) is 8.19. The number of nitrogens with one attached hydrogen (secondary N) is 5. The molecule has 1 saturated heterocycles. The number of amides is 4. The molecule has 0 radical (unpaired) electrons. The maximum atomic E-state index is 13.9. The number of hydrogen-bond donors (Lipinski definition) is 6. The zero-order chi connectivity index (χ0) is 30.7. The van der Waals surface area contributed by atoms with Crippen molar-refractivity contribution in [3.63, 3.8) is 0 Å². The summed E-state index contributed by atoms with van der Waals surface area (Å²) in [6.07, 6.45) is 6.68. The Bertz CT molecular complexity index is 1170. The van der Waals surface area contributed by atoms with E-state index in [-0.39, 0.29) is 17.7 Å². The largest absolute Gasteiger partial charge is 0.349 e. The van der Waals surface area contributed by atoms with Crippen molar-refractivity contribution in [1.82, 2.24) is 30.8 Å². The van der Waals surface area contributed by atoms with Gasteiger partial charge in [0, 0.05) is 19.6 Å². The van der Waals surface area contributed by atoms with Gasteiger partial charge in [0.2, 0.25) is 23.5 Å². The van der Waals surface area contributed by atoms with Crippen molar-refractivity contribution in [3.05, 3.63) is 32.3 Å². The summed E-state index contributed by atoms with van der Waals surface area (Å²) < 4.78 is 13.9. The smallest absolute Gasteiger partial charge is 0.326 e. The number of aromatic amines is 2. The number of carbonyl (C=O) groups is 4. The molecule has 0 saturated carbocycles. The zero-order valence-electron chi connectivity index (χ0n) is 24.3. The molecule has 0 aliphatic carbocycles. The molecule has 13 nitrogen and oxygen atoms in total. The summed E-state index contributed by atoms with van der Waals surface area (Å²) in [5, 5.41) is 7.61. The van der Waals surface area contributed by atoms with Gasteiger partial charge in [-0.25, -0.2) is 4.79 Å². The molecule has 2 rings (SSSR count). The van der Waals surface area contributed by atoms with Gasteiger partial charge < -0.3 is 31.6 Å². The normalized spacial score (nSPS) is 16.6. The molecule has 14 heteroatoms. The summed E-state index contributed by atoms with van der Waals surface area (Å²) >= 11 is 0. The third kappa shape index (κ3) is 10.4. The molecule has 1 aliphatic heterocycles. The number of carbonyl (C=O) groups excluding carboxylic acids is 4. The first-order chi connectivity index (χ1) is 19.3. The van der Waals surface area contributed by atoms with Crippen LogP contribution in [0.25, 0.3) is 0 Å². The molecule has 0 spiro atoms. The van der Waals surface area contributed by atoms with E-state index in [2.05, 4.69) is 16.0 Å². The van der Waals surface area contributed by atoms with Gasteiger partial charge in [0.25, 0.3) is 11.5 Å². The van der Waals surface area contributed by atoms with E-state index in [0.717, 1.165) is 38.5 Å². The van der Waals surface area contributed by atoms with E-state index in [1.807, 2.05) is 23.7 Å². The van der Waals surface area contributed by atoms with Crippen LogP contribution in [0.4, 0.5) is 4.39 Å². The maximum absolute atomic E-state index is 13.9. The number of H-pyrrole nitrogens is 2. The fourth-order valence-corrected chi connectivity index (χ4v) is 4.63. The summed E-state index contributed by atoms with van der Waals surface area (Å²) in [5.74, 6) is -4.31. The number of aromatic nitrogens is 2. The SMILES string of the molecule is CC(C)C[C@H](NC(=O)[C@@H](NC(=O)[C@@H](N)CNC(=O)c1[nH]c(=O)[nH]c(=O)c1F)C(C)C)C(=O)N1CCCCCCCC1. The lowest BCUT2D eigenvalue weighted by Gasteiger charge is -2.31. The molecule has 0 bridgehead atoms. The standard InChI is InChI=1S/C27H44FN7O6/c1-15(2)13-18(26(40)35-11-9-7-5-6-8-10-12-35)31-25(39)20(16(3)4)32-22(36)17(29)14-30-24(38)21-19(28)23(37)34-27(41)33-21/h15-18,20H,5-14,29H2,1-4H3,(H,30,38)(H,31,39)(H,32,36)(H2,33,34,37,41)/t17-,18-,20-/m0/s1. The van der Waals surface area contributed by atoms with Crippen LogP contribution >= 0.6 is 0 Å². The predicted molar refractivity (Wildman–Crippen MR) is 150 cm³/mol. The lowest BCUT2D eigenvalue weighted by molar-refractivity contribution is -0.138. The van der Waals surface area contributed by atoms with E-state index >= 15 is 0 Å². The third-order valence-electron chi connectivity index (χ3n) is 6.92. The van der Waals surface area contributed by atoms with E-state index in [1.165, 1.54) is 0 Å². The van der Waals surface area contributed by atoms with Gasteiger partial charge in [0.15, 0.2) is 0 Å². The first-order valence-corrected chi connectivity index (χ1v) is 14.3. The van der Waals surface area contributed by atoms with Crippen LogP contribution in [-0.2, 0) is 14.4 Å². The predicted octanol–water partition coefficient (Wildman–Crippen LogP) is 0.114. The number of rotatable bonds is 11. The van der Waals surface area contributed by atoms with Gasteiger partial charge in [-0.15, -0.1) is 0 Å². The van der Waals surface area contributed by atoms with Crippen LogP contribution in [0, 0.1) is 17.7 Å². The molecule has 1 fully saturated rings. The number of halogens is 1. The molecule has 3 atom stereocenters. The average Bonchev–Trinajstić information content (AvgIpc) is 3.04. The second-order valence-electron chi connectivity index (χ2n) is 11.3. The lowest BCUT2D eigenvalue weighted by atomic mass is 9.99. The minimum Gasteiger partial charge on any atom is -0.349 e. The Morgan fingerprint density at radius 2 is 1.49 bits per heavy atom. The highest BCUT2D eigenvalue weighted by Gasteiger charge is 2.32. The van der Waals surface area contributed by atoms with Gasteiger partial charge in [-0.3, -0.25) is 29.0 Å². The van der Waals surface area contributed by atoms with Crippen molar-refractivity contribution in [1.29, 1.82) is 0 Å². The quantitative estimate of drug-likeness (QED) is 0.213. The summed E-state index contributed by atoms with van der Waals surface area (Å²) in [5.41, 5.74) is 2.54. The Morgan fingerprint density at radius 1 is 0.902 bits per heavy atom. The van der Waals surface area contributed by atoms with Crippen molar-refractivity contribution >= 4 is 23.6 Å². The van der Waals surface area contributed by atoms with Gasteiger partial charge in [0.1, 0.15) is 23.8 Å². The zero-order valence-corrected chi connectivity index (χ0v) is 24.3. The Hall–Kier alpha value is -3.55. The fraction of sp³-hybridized carbons (Fsp3) is 0.704. The van der Waals surface area contributed by atoms with Crippen LogP contribution in [0.3, 0.4) is 0 Å². The van der Waals surface area contributed by atoms with Crippen LogP contribution in [0.2, 0.25) is 0 Å². The third-order valence-corrected chi connectivity index (χ3v) is 6.92. The molecular weight excluding hydrogens is 537 g/mol. The molecule has 0 unspecified atom stereocenters. The van der Waals surface area contributed by atoms with Gasteiger partial charge in [-0.1, -0.05) is 53.4 Å². The molecule has 1 aliphatic rings. The highest BCUT2D eigenvalue weighted by molar-refractivity contribution is 5.94. The summed E-state index contributed by atoms with van der Waals surface area (Å²) in [4.78, 5) is 80.0. The van der Waals surface area contributed by atoms with Crippen LogP contribution < -0.4 is 32.9 Å². The molecule has 0 aromatic carbocycles. The molecule has 41 heavy (non-hydrogen) atoms. The minimum atomic E-state index is -1.49. The molecule has 1 aromatic heterocycles. The van der Waals surface area contributed by atoms with Crippen molar-refractivity contribution in [2.45, 2.75) is 90.8 Å². The van der Waals surface area contributed by atoms with E-state index in [9.17, 15) is 33.2 Å². The maximum Gasteiger partial charge on any atom is 0.326 e. The Morgan fingerprint density at radius 3 is 2.05 bits per heavy atom. The second kappa shape index (κ2) is 16.0. The van der Waals surface area contributed by atoms with Gasteiger partial charge in [-0.05, 0) is 31.1 Å². The van der Waals surface area contributed by atoms with Gasteiger partial charge >= 0.3 is 5.69 Å². The molecular formula is C27H44FN7O6. The topological polar surface area (TPSA) is 199 Å². The van der Waals surface area contributed by atoms with Crippen LogP contribution in [-0.4, -0.2) is 76.3 Å². The Labute approximate surface area is 238 Å². The second-order valence-corrected chi connectivity index (χ2v) is 11.3. The number of nitrogens with zero attached hydrogens (tertiary/aromatic N) is 1. The monoisotopic (exact) mass is 581 g/mol. The fourth-order valence-electron chi connectivity index (χ4n) is 4.63. The summed E-state index contributed by atoms with van der Waals surface area (Å²) in [6, 6.07) is -3.12. The van der Waals surface area contributed by atoms with Crippen molar-refractivity contribution in [2.24, 2.45) is 17.6 Å². The van der Waals surface area contributed by atoms with Crippen LogP contribution in [0.15, 0.2) is 9.59 Å². The van der Waals surface area contributed by atoms with E-state index in [0.29, 0.717) is 19.5 Å². The van der Waals surface area contributed by atoms with Gasteiger partial charge in [0.05, 0.1) is 0 Å². The summed E-state index contributed by atoms with van der Waals surface area (Å²) in [7, 11) is 0. The van der Waals surface area contributed by atoms with Crippen LogP contribution in [0.1, 0.15) is 83.1 Å². The van der Waals surface area contributed by atoms with E-state index in [1.54, 1.807) is 18.8 Å². The van der Waals surface area contributed by atoms with Crippen molar-refractivity contribution in [2.75, 3.05) is 19.6 Å². The van der Waals surface area contributed by atoms with Crippen molar-refractivity contribution < 1.29 is 23.6 Å². The molecule has 4 amide bonds. The first kappa shape index (κ1) is 33.7. The van der Waals surface area contributed by atoms with E-state index in [4.69, 9.17) is 5.73 Å². The van der Waals surface area contributed by atoms with Crippen LogP contribution in [0.5, 0.6) is 0 Å². The highest BCUT2D eigenvalue weighted by atomic mass is 19.1. The van der Waals surface area contributed by atoms with Crippen molar-refractivity contribution in [3.8, 4) is 0 Å². The molecule has 230 valence electrons. The molecule has 1 aromatic rings. The Balaban J connectivity index is 2.05. The van der Waals surface area contributed by atoms with Gasteiger partial charge in [-0.2, -0.15) is 4.39 Å². The minimum absolute atomic E-state index is 0.130. The number of nitrogens with two attached hydrogens (primary N) is 1.